The zero-order valence-corrected chi connectivity index (χ0v) is 18.0. The Bertz CT molecular complexity index is 446. The summed E-state index contributed by atoms with van der Waals surface area (Å²) in [6, 6.07) is 0. The number of hydrogen-bond acceptors (Lipinski definition) is 9. The predicted octanol–water partition coefficient (Wildman–Crippen LogP) is 0.628. The van der Waals surface area contributed by atoms with Crippen molar-refractivity contribution in [1.29, 1.82) is 0 Å². The van der Waals surface area contributed by atoms with Gasteiger partial charge in [-0.2, -0.15) is 0 Å². The van der Waals surface area contributed by atoms with Gasteiger partial charge in [-0.05, 0) is 6.42 Å². The molecule has 1 fully saturated rings. The van der Waals surface area contributed by atoms with Crippen LogP contribution in [0.3, 0.4) is 0 Å². The van der Waals surface area contributed by atoms with E-state index >= 15 is 0 Å². The normalized spacial score (nSPS) is 27.7. The van der Waals surface area contributed by atoms with E-state index in [4.69, 9.17) is 19.3 Å². The van der Waals surface area contributed by atoms with Gasteiger partial charge in [-0.1, -0.05) is 58.3 Å². The monoisotopic (exact) mass is 436 g/mol. The summed E-state index contributed by atoms with van der Waals surface area (Å²) in [4.78, 5) is 11.7. The maximum absolute atomic E-state index is 11.7. The van der Waals surface area contributed by atoms with Crippen molar-refractivity contribution in [3.05, 3.63) is 0 Å². The molecular weight excluding hydrogens is 396 g/mol. The Balaban J connectivity index is 2.09. The molecule has 0 radical (unpaired) electrons. The van der Waals surface area contributed by atoms with E-state index in [0.717, 1.165) is 19.3 Å². The van der Waals surface area contributed by atoms with Gasteiger partial charge in [-0.15, -0.1) is 0 Å². The minimum atomic E-state index is -1.55. The standard InChI is InChI=1S/C21H40O9/c1-2-3-4-5-6-7-8-9-10-11-17(24)28-13-15(23)14-29-21-20(27)19(26)18(25)16(12-22)30-21/h15-16,18-23,25-27H,2-14H2,1H3/t15-,16-,18+,19+,20-,21-/m1/s1. The molecule has 1 rings (SSSR count). The lowest BCUT2D eigenvalue weighted by Gasteiger charge is -2.39. The average molecular weight is 437 g/mol. The third kappa shape index (κ3) is 10.5. The van der Waals surface area contributed by atoms with Crippen molar-refractivity contribution < 1.29 is 44.5 Å². The van der Waals surface area contributed by atoms with Gasteiger partial charge in [0.1, 0.15) is 37.1 Å². The molecule has 6 atom stereocenters. The van der Waals surface area contributed by atoms with Crippen molar-refractivity contribution in [2.45, 2.75) is 108 Å². The van der Waals surface area contributed by atoms with Crippen molar-refractivity contribution in [3.63, 3.8) is 0 Å². The second-order valence-corrected chi connectivity index (χ2v) is 7.95. The first-order valence-electron chi connectivity index (χ1n) is 11.2. The van der Waals surface area contributed by atoms with Crippen LogP contribution in [0.15, 0.2) is 0 Å². The first kappa shape index (κ1) is 27.2. The number of unbranched alkanes of at least 4 members (excludes halogenated alkanes) is 8. The van der Waals surface area contributed by atoms with E-state index in [0.29, 0.717) is 6.42 Å². The van der Waals surface area contributed by atoms with Gasteiger partial charge in [-0.25, -0.2) is 0 Å². The maximum Gasteiger partial charge on any atom is 0.305 e. The molecule has 0 bridgehead atoms. The van der Waals surface area contributed by atoms with Crippen LogP contribution in [0.2, 0.25) is 0 Å². The highest BCUT2D eigenvalue weighted by Crippen LogP contribution is 2.22. The van der Waals surface area contributed by atoms with Crippen molar-refractivity contribution in [2.24, 2.45) is 0 Å². The number of aliphatic hydroxyl groups is 5. The van der Waals surface area contributed by atoms with Crippen LogP contribution in [0.25, 0.3) is 0 Å². The average Bonchev–Trinajstić information content (AvgIpc) is 2.74. The van der Waals surface area contributed by atoms with Crippen LogP contribution >= 0.6 is 0 Å². The minimum Gasteiger partial charge on any atom is -0.463 e. The van der Waals surface area contributed by atoms with Crippen LogP contribution in [0.4, 0.5) is 0 Å². The summed E-state index contributed by atoms with van der Waals surface area (Å²) in [5.74, 6) is -0.384. The van der Waals surface area contributed by atoms with Gasteiger partial charge in [0.15, 0.2) is 6.29 Å². The van der Waals surface area contributed by atoms with Gasteiger partial charge in [0.25, 0.3) is 0 Å². The van der Waals surface area contributed by atoms with E-state index < -0.39 is 43.4 Å². The van der Waals surface area contributed by atoms with Crippen molar-refractivity contribution in [2.75, 3.05) is 19.8 Å². The van der Waals surface area contributed by atoms with Gasteiger partial charge >= 0.3 is 5.97 Å². The largest absolute Gasteiger partial charge is 0.463 e. The Morgan fingerprint density at radius 3 is 2.10 bits per heavy atom. The van der Waals surface area contributed by atoms with E-state index in [-0.39, 0.29) is 19.2 Å². The maximum atomic E-state index is 11.7. The quantitative estimate of drug-likeness (QED) is 0.174. The van der Waals surface area contributed by atoms with Crippen LogP contribution in [0.1, 0.15) is 71.1 Å². The van der Waals surface area contributed by atoms with Gasteiger partial charge in [0.2, 0.25) is 0 Å². The zero-order valence-electron chi connectivity index (χ0n) is 18.0. The van der Waals surface area contributed by atoms with E-state index in [1.807, 2.05) is 0 Å². The molecule has 9 nitrogen and oxygen atoms in total. The molecule has 0 saturated carbocycles. The summed E-state index contributed by atoms with van der Waals surface area (Å²) < 4.78 is 15.4. The molecule has 1 aliphatic heterocycles. The second kappa shape index (κ2) is 15.9. The molecular formula is C21H40O9. The van der Waals surface area contributed by atoms with Gasteiger partial charge in [0.05, 0.1) is 13.2 Å². The Morgan fingerprint density at radius 1 is 0.900 bits per heavy atom. The van der Waals surface area contributed by atoms with Crippen LogP contribution in [-0.4, -0.2) is 88.1 Å². The second-order valence-electron chi connectivity index (χ2n) is 7.95. The number of aliphatic hydroxyl groups excluding tert-OH is 5. The molecule has 30 heavy (non-hydrogen) atoms. The first-order valence-corrected chi connectivity index (χ1v) is 11.2. The lowest BCUT2D eigenvalue weighted by atomic mass is 9.99. The highest BCUT2D eigenvalue weighted by molar-refractivity contribution is 5.69. The fraction of sp³-hybridized carbons (Fsp3) is 0.952. The van der Waals surface area contributed by atoms with E-state index in [2.05, 4.69) is 6.92 Å². The molecule has 0 aromatic heterocycles. The van der Waals surface area contributed by atoms with Crippen molar-refractivity contribution >= 4 is 5.97 Å². The third-order valence-corrected chi connectivity index (χ3v) is 5.22. The molecule has 0 amide bonds. The number of carbonyl (C=O) groups is 1. The summed E-state index contributed by atoms with van der Waals surface area (Å²) in [5, 5.41) is 48.3. The molecule has 1 saturated heterocycles. The molecule has 0 unspecified atom stereocenters. The van der Waals surface area contributed by atoms with E-state index in [1.54, 1.807) is 0 Å². The topological polar surface area (TPSA) is 146 Å². The Hall–Kier alpha value is -0.810. The third-order valence-electron chi connectivity index (χ3n) is 5.22. The summed E-state index contributed by atoms with van der Waals surface area (Å²) in [6.45, 7) is 1.07. The smallest absolute Gasteiger partial charge is 0.305 e. The van der Waals surface area contributed by atoms with Crippen LogP contribution in [0, 0.1) is 0 Å². The van der Waals surface area contributed by atoms with Gasteiger partial charge in [0, 0.05) is 6.42 Å². The molecule has 0 aromatic carbocycles. The van der Waals surface area contributed by atoms with E-state index in [1.165, 1.54) is 38.5 Å². The molecule has 9 heteroatoms. The first-order chi connectivity index (χ1) is 14.4. The fourth-order valence-corrected chi connectivity index (χ4v) is 3.30. The highest BCUT2D eigenvalue weighted by atomic mass is 16.7. The summed E-state index contributed by atoms with van der Waals surface area (Å²) in [5.41, 5.74) is 0. The lowest BCUT2D eigenvalue weighted by molar-refractivity contribution is -0.305. The van der Waals surface area contributed by atoms with Crippen molar-refractivity contribution in [1.82, 2.24) is 0 Å². The number of rotatable bonds is 16. The fourth-order valence-electron chi connectivity index (χ4n) is 3.30. The highest BCUT2D eigenvalue weighted by Gasteiger charge is 2.44. The van der Waals surface area contributed by atoms with Crippen molar-refractivity contribution in [3.8, 4) is 0 Å². The molecule has 178 valence electrons. The molecule has 1 aliphatic rings. The lowest BCUT2D eigenvalue weighted by Crippen LogP contribution is -2.59. The number of hydrogen-bond donors (Lipinski definition) is 5. The number of ether oxygens (including phenoxy) is 3. The van der Waals surface area contributed by atoms with Crippen LogP contribution in [0.5, 0.6) is 0 Å². The molecule has 0 aromatic rings. The predicted molar refractivity (Wildman–Crippen MR) is 109 cm³/mol. The van der Waals surface area contributed by atoms with Gasteiger partial charge < -0.3 is 39.7 Å². The Labute approximate surface area is 179 Å². The Morgan fingerprint density at radius 2 is 1.50 bits per heavy atom. The number of carbonyl (C=O) groups excluding carboxylic acids is 1. The molecule has 1 heterocycles. The minimum absolute atomic E-state index is 0.256. The van der Waals surface area contributed by atoms with E-state index in [9.17, 15) is 25.2 Å². The van der Waals surface area contributed by atoms with Gasteiger partial charge in [-0.3, -0.25) is 4.79 Å². The van der Waals surface area contributed by atoms with Crippen LogP contribution in [-0.2, 0) is 19.0 Å². The Kier molecular flexibility index (Phi) is 14.4. The summed E-state index contributed by atoms with van der Waals surface area (Å²) in [7, 11) is 0. The number of esters is 1. The summed E-state index contributed by atoms with van der Waals surface area (Å²) in [6.07, 6.45) is 2.58. The summed E-state index contributed by atoms with van der Waals surface area (Å²) >= 11 is 0. The zero-order chi connectivity index (χ0) is 22.4. The molecule has 0 aliphatic carbocycles. The van der Waals surface area contributed by atoms with Crippen LogP contribution < -0.4 is 0 Å². The SMILES string of the molecule is CCCCCCCCCCCC(=O)OC[C@@H](O)CO[C@@H]1O[C@H](CO)[C@H](O)[C@H](O)[C@H]1O. The molecule has 5 N–H and O–H groups in total. The molecule has 0 spiro atoms.